The van der Waals surface area contributed by atoms with E-state index >= 15 is 0 Å². The first-order chi connectivity index (χ1) is 9.99. The lowest BCUT2D eigenvalue weighted by atomic mass is 10.2. The Morgan fingerprint density at radius 3 is 2.43 bits per heavy atom. The average molecular weight is 304 g/mol. The van der Waals surface area contributed by atoms with Crippen LogP contribution in [-0.4, -0.2) is 19.7 Å². The largest absolute Gasteiger partial charge is 0.259 e. The van der Waals surface area contributed by atoms with Crippen LogP contribution in [0.3, 0.4) is 0 Å². The minimum Gasteiger partial charge on any atom is -0.259 e. The summed E-state index contributed by atoms with van der Waals surface area (Å²) in [6, 6.07) is 10.3. The van der Waals surface area contributed by atoms with Crippen LogP contribution < -0.4 is 0 Å². The molecule has 2 rings (SSSR count). The first-order valence-corrected chi connectivity index (χ1v) is 8.96. The molecular formula is C17H24N2OS. The molecule has 2 atom stereocenters. The zero-order chi connectivity index (χ0) is 15.4. The topological polar surface area (TPSA) is 34.9 Å². The number of aryl methyl sites for hydroxylation is 2. The van der Waals surface area contributed by atoms with Crippen molar-refractivity contribution in [1.29, 1.82) is 0 Å². The van der Waals surface area contributed by atoms with Gasteiger partial charge in [-0.25, -0.2) is 4.68 Å². The Hall–Kier alpha value is -1.42. The lowest BCUT2D eigenvalue weighted by molar-refractivity contribution is 0.615. The van der Waals surface area contributed by atoms with E-state index in [1.807, 2.05) is 11.6 Å². The van der Waals surface area contributed by atoms with Crippen LogP contribution in [0.1, 0.15) is 37.2 Å². The minimum absolute atomic E-state index is 0.528. The van der Waals surface area contributed by atoms with Crippen LogP contribution in [0.4, 0.5) is 0 Å². The van der Waals surface area contributed by atoms with E-state index in [0.717, 1.165) is 34.8 Å². The van der Waals surface area contributed by atoms with Crippen molar-refractivity contribution in [3.05, 3.63) is 47.3 Å². The normalized spacial score (nSPS) is 14.1. The average Bonchev–Trinajstić information content (AvgIpc) is 2.78. The maximum Gasteiger partial charge on any atom is 0.0648 e. The quantitative estimate of drug-likeness (QED) is 0.814. The van der Waals surface area contributed by atoms with E-state index in [-0.39, 0.29) is 0 Å². The molecule has 0 unspecified atom stereocenters. The fourth-order valence-electron chi connectivity index (χ4n) is 2.30. The molecule has 0 spiro atoms. The Balaban J connectivity index is 2.05. The Kier molecular flexibility index (Phi) is 5.34. The molecule has 114 valence electrons. The van der Waals surface area contributed by atoms with Crippen molar-refractivity contribution < 1.29 is 4.21 Å². The summed E-state index contributed by atoms with van der Waals surface area (Å²) in [5.41, 5.74) is 4.32. The van der Waals surface area contributed by atoms with Gasteiger partial charge in [-0.3, -0.25) is 4.21 Å². The summed E-state index contributed by atoms with van der Waals surface area (Å²) in [5.74, 6) is 1.96. The molecule has 0 amide bonds. The molecule has 4 heteroatoms. The van der Waals surface area contributed by atoms with E-state index < -0.39 is 10.8 Å². The standard InChI is InChI=1S/C17H24N2OS/c1-5-13(2)11-21(20)12-16-6-8-17(9-7-16)19-15(4)10-14(3)18-19/h6-10,13H,5,11-12H2,1-4H3/t13-,21+/m1/s1. The zero-order valence-corrected chi connectivity index (χ0v) is 14.1. The maximum absolute atomic E-state index is 12.1. The van der Waals surface area contributed by atoms with Crippen LogP contribution in [0.25, 0.3) is 5.69 Å². The smallest absolute Gasteiger partial charge is 0.0648 e. The number of nitrogens with zero attached hydrogens (tertiary/aromatic N) is 2. The molecule has 3 nitrogen and oxygen atoms in total. The molecule has 1 heterocycles. The third kappa shape index (κ3) is 4.27. The first kappa shape index (κ1) is 16.0. The van der Waals surface area contributed by atoms with Crippen molar-refractivity contribution in [2.24, 2.45) is 5.92 Å². The van der Waals surface area contributed by atoms with E-state index in [9.17, 15) is 4.21 Å². The van der Waals surface area contributed by atoms with Gasteiger partial charge < -0.3 is 0 Å². The van der Waals surface area contributed by atoms with E-state index in [1.165, 1.54) is 0 Å². The second-order valence-corrected chi connectivity index (χ2v) is 7.27. The van der Waals surface area contributed by atoms with Crippen molar-refractivity contribution in [3.63, 3.8) is 0 Å². The fourth-order valence-corrected chi connectivity index (χ4v) is 3.86. The SMILES string of the molecule is CC[C@@H](C)C[S@](=O)Cc1ccc(-n2nc(C)cc2C)cc1. The molecule has 0 saturated carbocycles. The Morgan fingerprint density at radius 1 is 1.24 bits per heavy atom. The zero-order valence-electron chi connectivity index (χ0n) is 13.3. The summed E-state index contributed by atoms with van der Waals surface area (Å²) in [6.45, 7) is 8.35. The van der Waals surface area contributed by atoms with Crippen LogP contribution in [0, 0.1) is 19.8 Å². The number of rotatable bonds is 6. The van der Waals surface area contributed by atoms with E-state index in [4.69, 9.17) is 0 Å². The molecule has 21 heavy (non-hydrogen) atoms. The summed E-state index contributed by atoms with van der Waals surface area (Å²) >= 11 is 0. The van der Waals surface area contributed by atoms with E-state index in [1.54, 1.807) is 0 Å². The summed E-state index contributed by atoms with van der Waals surface area (Å²) in [5, 5.41) is 4.48. The lowest BCUT2D eigenvalue weighted by Gasteiger charge is -2.09. The molecule has 0 bridgehead atoms. The van der Waals surface area contributed by atoms with Gasteiger partial charge in [0.25, 0.3) is 0 Å². The van der Waals surface area contributed by atoms with Gasteiger partial charge in [-0.1, -0.05) is 32.4 Å². The van der Waals surface area contributed by atoms with Gasteiger partial charge in [0.1, 0.15) is 0 Å². The Bertz CT molecular complexity index is 616. The molecule has 0 aliphatic heterocycles. The van der Waals surface area contributed by atoms with Gasteiger partial charge >= 0.3 is 0 Å². The third-order valence-corrected chi connectivity index (χ3v) is 5.28. The van der Waals surface area contributed by atoms with Crippen molar-refractivity contribution in [2.45, 2.75) is 39.9 Å². The van der Waals surface area contributed by atoms with Crippen LogP contribution in [0.5, 0.6) is 0 Å². The highest BCUT2D eigenvalue weighted by molar-refractivity contribution is 7.84. The second-order valence-electron chi connectivity index (χ2n) is 5.77. The predicted molar refractivity (Wildman–Crippen MR) is 89.2 cm³/mol. The summed E-state index contributed by atoms with van der Waals surface area (Å²) in [4.78, 5) is 0. The molecule has 0 N–H and O–H groups in total. The van der Waals surface area contributed by atoms with Gasteiger partial charge in [-0.15, -0.1) is 0 Å². The van der Waals surface area contributed by atoms with Gasteiger partial charge in [-0.2, -0.15) is 5.10 Å². The highest BCUT2D eigenvalue weighted by Crippen LogP contribution is 2.15. The monoisotopic (exact) mass is 304 g/mol. The molecule has 1 aromatic carbocycles. The van der Waals surface area contributed by atoms with Crippen molar-refractivity contribution in [1.82, 2.24) is 9.78 Å². The van der Waals surface area contributed by atoms with E-state index in [0.29, 0.717) is 11.7 Å². The number of hydrogen-bond donors (Lipinski definition) is 0. The molecule has 0 fully saturated rings. The van der Waals surface area contributed by atoms with Gasteiger partial charge in [-0.05, 0) is 43.5 Å². The molecule has 0 saturated heterocycles. The van der Waals surface area contributed by atoms with Gasteiger partial charge in [0.15, 0.2) is 0 Å². The third-order valence-electron chi connectivity index (χ3n) is 3.69. The number of aromatic nitrogens is 2. The molecule has 2 aromatic rings. The summed E-state index contributed by atoms with van der Waals surface area (Å²) in [7, 11) is -0.775. The lowest BCUT2D eigenvalue weighted by Crippen LogP contribution is -2.09. The van der Waals surface area contributed by atoms with Gasteiger partial charge in [0.05, 0.1) is 11.4 Å². The first-order valence-electron chi connectivity index (χ1n) is 7.47. The van der Waals surface area contributed by atoms with Crippen LogP contribution in [-0.2, 0) is 16.6 Å². The van der Waals surface area contributed by atoms with Gasteiger partial charge in [0, 0.05) is 28.0 Å². The maximum atomic E-state index is 12.1. The fraction of sp³-hybridized carbons (Fsp3) is 0.471. The predicted octanol–water partition coefficient (Wildman–Crippen LogP) is 3.78. The number of hydrogen-bond acceptors (Lipinski definition) is 2. The highest BCUT2D eigenvalue weighted by Gasteiger charge is 2.08. The second kappa shape index (κ2) is 7.03. The number of benzene rings is 1. The van der Waals surface area contributed by atoms with Crippen molar-refractivity contribution in [3.8, 4) is 5.69 Å². The highest BCUT2D eigenvalue weighted by atomic mass is 32.2. The van der Waals surface area contributed by atoms with E-state index in [2.05, 4.69) is 56.2 Å². The molecule has 0 aliphatic carbocycles. The summed E-state index contributed by atoms with van der Waals surface area (Å²) in [6.07, 6.45) is 1.09. The van der Waals surface area contributed by atoms with Gasteiger partial charge in [0.2, 0.25) is 0 Å². The minimum atomic E-state index is -0.775. The Morgan fingerprint density at radius 2 is 1.90 bits per heavy atom. The molecule has 0 radical (unpaired) electrons. The van der Waals surface area contributed by atoms with Crippen molar-refractivity contribution >= 4 is 10.8 Å². The molecular weight excluding hydrogens is 280 g/mol. The Labute approximate surface area is 129 Å². The van der Waals surface area contributed by atoms with Crippen molar-refractivity contribution in [2.75, 3.05) is 5.75 Å². The summed E-state index contributed by atoms with van der Waals surface area (Å²) < 4.78 is 14.0. The van der Waals surface area contributed by atoms with Crippen LogP contribution in [0.2, 0.25) is 0 Å². The molecule has 1 aromatic heterocycles. The molecule has 0 aliphatic rings. The van der Waals surface area contributed by atoms with Crippen LogP contribution in [0.15, 0.2) is 30.3 Å². The van der Waals surface area contributed by atoms with Crippen LogP contribution >= 0.6 is 0 Å².